The van der Waals surface area contributed by atoms with Crippen LogP contribution in [0, 0.1) is 0 Å². The zero-order valence-corrected chi connectivity index (χ0v) is 19.1. The van der Waals surface area contributed by atoms with Gasteiger partial charge in [0.15, 0.2) is 5.41 Å². The highest BCUT2D eigenvalue weighted by Crippen LogP contribution is 2.24. The van der Waals surface area contributed by atoms with Crippen molar-refractivity contribution in [2.24, 2.45) is 0 Å². The molecule has 0 aliphatic heterocycles. The fourth-order valence-electron chi connectivity index (χ4n) is 1.62. The van der Waals surface area contributed by atoms with Crippen LogP contribution in [0.3, 0.4) is 0 Å². The molecule has 142 valence electrons. The van der Waals surface area contributed by atoms with E-state index in [2.05, 4.69) is 6.58 Å². The Balaban J connectivity index is 5.56. The normalized spacial score (nSPS) is 13.1. The first kappa shape index (κ1) is 23.5. The Morgan fingerprint density at radius 1 is 0.917 bits per heavy atom. The van der Waals surface area contributed by atoms with Crippen molar-refractivity contribution in [2.45, 2.75) is 5.41 Å². The second-order valence-electron chi connectivity index (χ2n) is 4.37. The van der Waals surface area contributed by atoms with Crippen molar-refractivity contribution < 1.29 is 44.9 Å². The molecule has 0 aromatic rings. The molecule has 13 heteroatoms. The van der Waals surface area contributed by atoms with Gasteiger partial charge in [-0.05, 0) is 0 Å². The van der Waals surface area contributed by atoms with E-state index in [1.165, 1.54) is 42.7 Å². The van der Waals surface area contributed by atoms with Gasteiger partial charge in [0.05, 0.1) is 10.2 Å². The lowest BCUT2D eigenvalue weighted by atomic mass is 10.6. The van der Waals surface area contributed by atoms with Gasteiger partial charge >= 0.3 is 24.1 Å². The minimum atomic E-state index is -3.52. The Labute approximate surface area is 147 Å². The Morgan fingerprint density at radius 2 is 1.25 bits per heavy atom. The van der Waals surface area contributed by atoms with Crippen LogP contribution < -0.4 is 0 Å². The van der Waals surface area contributed by atoms with Crippen LogP contribution in [0.5, 0.6) is 0 Å². The highest BCUT2D eigenvalue weighted by molar-refractivity contribution is 6.55. The maximum Gasteiger partial charge on any atom is 0.680 e. The molecule has 0 rings (SSSR count). The molecule has 0 aliphatic carbocycles. The molecule has 0 radical (unpaired) electrons. The first-order valence-electron chi connectivity index (χ1n) is 6.74. The van der Waals surface area contributed by atoms with Crippen molar-refractivity contribution in [2.75, 3.05) is 49.3 Å². The SMILES string of the molecule is C=CC(=O)OCC([SiH3])(O[Si](OC)(OC)OC)O[Si](OC)(OC)OC. The molecule has 24 heavy (non-hydrogen) atoms. The van der Waals surface area contributed by atoms with Crippen LogP contribution in [-0.4, -0.2) is 89.0 Å². The van der Waals surface area contributed by atoms with Crippen LogP contribution in [0.1, 0.15) is 0 Å². The highest BCUT2D eigenvalue weighted by atomic mass is 28.4. The van der Waals surface area contributed by atoms with E-state index in [9.17, 15) is 4.79 Å². The molecular weight excluding hydrogens is 376 g/mol. The Morgan fingerprint density at radius 3 is 1.50 bits per heavy atom. The molecule has 0 heterocycles. The van der Waals surface area contributed by atoms with Crippen molar-refractivity contribution in [1.29, 1.82) is 0 Å². The molecule has 0 spiro atoms. The van der Waals surface area contributed by atoms with Gasteiger partial charge in [-0.2, -0.15) is 0 Å². The van der Waals surface area contributed by atoms with Gasteiger partial charge in [-0.3, -0.25) is 0 Å². The van der Waals surface area contributed by atoms with E-state index in [-0.39, 0.29) is 16.8 Å². The summed E-state index contributed by atoms with van der Waals surface area (Å²) in [6.07, 6.45) is 1.02. The summed E-state index contributed by atoms with van der Waals surface area (Å²) >= 11 is 0. The third-order valence-electron chi connectivity index (χ3n) is 2.83. The van der Waals surface area contributed by atoms with E-state index < -0.39 is 29.5 Å². The molecule has 0 amide bonds. The summed E-state index contributed by atoms with van der Waals surface area (Å²) in [4.78, 5) is 11.4. The number of ether oxygens (including phenoxy) is 1. The Hall–Kier alpha value is -0.459. The molecule has 0 unspecified atom stereocenters. The minimum Gasteiger partial charge on any atom is -0.457 e. The first-order chi connectivity index (χ1) is 11.2. The molecule has 0 N–H and O–H groups in total. The summed E-state index contributed by atoms with van der Waals surface area (Å²) in [6.45, 7) is 3.04. The molecule has 0 atom stereocenters. The summed E-state index contributed by atoms with van der Waals surface area (Å²) in [5.41, 5.74) is -1.47. The quantitative estimate of drug-likeness (QED) is 0.157. The largest absolute Gasteiger partial charge is 0.680 e. The summed E-state index contributed by atoms with van der Waals surface area (Å²) in [5.74, 6) is -0.651. The predicted molar refractivity (Wildman–Crippen MR) is 89.6 cm³/mol. The number of carbonyl (C=O) groups is 1. The fraction of sp³-hybridized carbons (Fsp3) is 0.727. The van der Waals surface area contributed by atoms with Crippen LogP contribution in [0.25, 0.3) is 0 Å². The topological polar surface area (TPSA) is 100 Å². The molecule has 0 aromatic heterocycles. The fourth-order valence-corrected chi connectivity index (χ4v) is 6.11. The van der Waals surface area contributed by atoms with Gasteiger partial charge in [-0.1, -0.05) is 6.58 Å². The van der Waals surface area contributed by atoms with Gasteiger partial charge in [-0.25, -0.2) is 4.79 Å². The summed E-state index contributed by atoms with van der Waals surface area (Å²) in [7, 11) is 1.34. The highest BCUT2D eigenvalue weighted by Gasteiger charge is 2.56. The van der Waals surface area contributed by atoms with E-state index in [4.69, 9.17) is 40.1 Å². The third-order valence-corrected chi connectivity index (χ3v) is 8.70. The van der Waals surface area contributed by atoms with Crippen molar-refractivity contribution in [3.8, 4) is 0 Å². The summed E-state index contributed by atoms with van der Waals surface area (Å²) in [6, 6.07) is 0. The maximum atomic E-state index is 11.4. The van der Waals surface area contributed by atoms with Gasteiger partial charge in [0.25, 0.3) is 0 Å². The average molecular weight is 403 g/mol. The second-order valence-corrected chi connectivity index (χ2v) is 10.8. The van der Waals surface area contributed by atoms with Gasteiger partial charge in [0.1, 0.15) is 6.61 Å². The van der Waals surface area contributed by atoms with Crippen molar-refractivity contribution >= 4 is 34.3 Å². The second kappa shape index (κ2) is 10.5. The minimum absolute atomic E-state index is 0.199. The Kier molecular flexibility index (Phi) is 10.3. The van der Waals surface area contributed by atoms with Gasteiger partial charge in [-0.15, -0.1) is 0 Å². The smallest absolute Gasteiger partial charge is 0.457 e. The monoisotopic (exact) mass is 402 g/mol. The van der Waals surface area contributed by atoms with Crippen LogP contribution in [-0.2, 0) is 44.9 Å². The first-order valence-corrected chi connectivity index (χ1v) is 11.0. The lowest BCUT2D eigenvalue weighted by Crippen LogP contribution is -2.62. The van der Waals surface area contributed by atoms with E-state index in [0.717, 1.165) is 6.08 Å². The number of carbonyl (C=O) groups excluding carboxylic acids is 1. The molecule has 0 aliphatic rings. The third kappa shape index (κ3) is 6.45. The maximum absolute atomic E-state index is 11.4. The summed E-state index contributed by atoms with van der Waals surface area (Å²) in [5, 5.41) is 0. The van der Waals surface area contributed by atoms with Crippen LogP contribution in [0.2, 0.25) is 0 Å². The molecule has 0 fully saturated rings. The van der Waals surface area contributed by atoms with Crippen LogP contribution in [0.4, 0.5) is 0 Å². The average Bonchev–Trinajstić information content (AvgIpc) is 2.62. The van der Waals surface area contributed by atoms with Crippen molar-refractivity contribution in [3.05, 3.63) is 12.7 Å². The number of hydrogen-bond acceptors (Lipinski definition) is 10. The van der Waals surface area contributed by atoms with Crippen LogP contribution in [0.15, 0.2) is 12.7 Å². The van der Waals surface area contributed by atoms with E-state index >= 15 is 0 Å². The zero-order chi connectivity index (χ0) is 18.9. The molecular formula is C11H26O10Si3. The zero-order valence-electron chi connectivity index (χ0n) is 15.1. The molecule has 0 saturated heterocycles. The van der Waals surface area contributed by atoms with Gasteiger partial charge in [0, 0.05) is 48.7 Å². The summed E-state index contributed by atoms with van der Waals surface area (Å²) < 4.78 is 48.1. The molecule has 10 nitrogen and oxygen atoms in total. The van der Waals surface area contributed by atoms with Crippen LogP contribution >= 0.6 is 0 Å². The van der Waals surface area contributed by atoms with Gasteiger partial charge in [0.2, 0.25) is 0 Å². The van der Waals surface area contributed by atoms with E-state index in [1.54, 1.807) is 0 Å². The standard InChI is InChI=1S/C11H26O10Si3/c1-8-10(12)19-9-11(22,20-23(13-2,14-3)15-4)21-24(16-5,17-6)18-7/h8H,1,9H2,2-7,22H3. The van der Waals surface area contributed by atoms with Gasteiger partial charge < -0.3 is 40.1 Å². The number of rotatable bonds is 13. The number of hydrogen-bond donors (Lipinski definition) is 0. The molecule has 0 saturated carbocycles. The van der Waals surface area contributed by atoms with E-state index in [1.807, 2.05) is 0 Å². The lowest BCUT2D eigenvalue weighted by molar-refractivity contribution is -0.192. The lowest BCUT2D eigenvalue weighted by Gasteiger charge is -2.39. The van der Waals surface area contributed by atoms with E-state index in [0.29, 0.717) is 0 Å². The predicted octanol–water partition coefficient (Wildman–Crippen LogP) is -1.48. The van der Waals surface area contributed by atoms with Crippen molar-refractivity contribution in [3.63, 3.8) is 0 Å². The van der Waals surface area contributed by atoms with Crippen molar-refractivity contribution in [1.82, 2.24) is 0 Å². The number of esters is 1. The molecule has 0 aromatic carbocycles. The molecule has 0 bridgehead atoms. The Bertz CT molecular complexity index is 361.